The van der Waals surface area contributed by atoms with E-state index in [2.05, 4.69) is 38.1 Å². The molecule has 0 heterocycles. The maximum absolute atomic E-state index is 14.2. The largest absolute Gasteiger partial charge is 0.313 e. The van der Waals surface area contributed by atoms with Crippen LogP contribution in [0.1, 0.15) is 23.7 Å². The summed E-state index contributed by atoms with van der Waals surface area (Å²) in [5.74, 6) is 0. The summed E-state index contributed by atoms with van der Waals surface area (Å²) in [6.45, 7) is 4.15. The molecule has 23 heavy (non-hydrogen) atoms. The smallest absolute Gasteiger partial charge is 0.150 e. The van der Waals surface area contributed by atoms with Crippen LogP contribution in [0.5, 0.6) is 0 Å². The third-order valence-electron chi connectivity index (χ3n) is 4.38. The molecule has 1 unspecified atom stereocenters. The van der Waals surface area contributed by atoms with E-state index >= 15 is 0 Å². The fraction of sp³-hybridized carbons (Fsp3) is 0.143. The zero-order valence-corrected chi connectivity index (χ0v) is 14.4. The van der Waals surface area contributed by atoms with Crippen LogP contribution in [0.4, 0.5) is 0 Å². The second-order valence-corrected chi connectivity index (χ2v) is 9.04. The van der Waals surface area contributed by atoms with Gasteiger partial charge in [-0.25, -0.2) is 0 Å². The quantitative estimate of drug-likeness (QED) is 0.613. The average Bonchev–Trinajstić information content (AvgIpc) is 2.62. The number of aryl methyl sites for hydroxylation is 1. The molecule has 0 saturated carbocycles. The Morgan fingerprint density at radius 3 is 1.57 bits per heavy atom. The zero-order chi connectivity index (χ0) is 16.3. The first kappa shape index (κ1) is 15.8. The van der Waals surface area contributed by atoms with Crippen molar-refractivity contribution in [1.29, 1.82) is 0 Å². The van der Waals surface area contributed by atoms with Crippen molar-refractivity contribution < 1.29 is 4.57 Å². The summed E-state index contributed by atoms with van der Waals surface area (Å²) in [7, 11) is -2.75. The molecule has 0 aliphatic rings. The lowest BCUT2D eigenvalue weighted by atomic mass is 10.1. The van der Waals surface area contributed by atoms with E-state index in [0.29, 0.717) is 0 Å². The van der Waals surface area contributed by atoms with Crippen LogP contribution in [0.2, 0.25) is 0 Å². The molecule has 0 N–H and O–H groups in total. The van der Waals surface area contributed by atoms with Gasteiger partial charge in [-0.2, -0.15) is 0 Å². The highest BCUT2D eigenvalue weighted by Gasteiger charge is 2.34. The molecule has 0 amide bonds. The van der Waals surface area contributed by atoms with Crippen molar-refractivity contribution >= 4 is 17.8 Å². The highest BCUT2D eigenvalue weighted by molar-refractivity contribution is 7.79. The Morgan fingerprint density at radius 2 is 1.13 bits per heavy atom. The molecule has 0 radical (unpaired) electrons. The molecular weight excluding hydrogens is 299 g/mol. The Morgan fingerprint density at radius 1 is 0.696 bits per heavy atom. The topological polar surface area (TPSA) is 17.1 Å². The van der Waals surface area contributed by atoms with Gasteiger partial charge in [-0.15, -0.1) is 0 Å². The Balaban J connectivity index is 2.16. The second-order valence-electron chi connectivity index (χ2n) is 5.92. The van der Waals surface area contributed by atoms with Crippen molar-refractivity contribution in [2.45, 2.75) is 19.5 Å². The SMILES string of the molecule is Cc1ccc(C(C)P(=O)(c2ccccc2)c2ccccc2)cc1. The standard InChI is InChI=1S/C21H21OP/c1-17-13-15-19(16-14-17)18(2)23(22,20-9-5-3-6-10-20)21-11-7-4-8-12-21/h3-16,18H,1-2H3. The minimum absolute atomic E-state index is 0.0621. The van der Waals surface area contributed by atoms with Gasteiger partial charge in [-0.3, -0.25) is 0 Å². The van der Waals surface area contributed by atoms with Gasteiger partial charge in [0.25, 0.3) is 0 Å². The molecule has 1 nitrogen and oxygen atoms in total. The highest BCUT2D eigenvalue weighted by atomic mass is 31.2. The van der Waals surface area contributed by atoms with E-state index in [0.717, 1.165) is 16.2 Å². The van der Waals surface area contributed by atoms with E-state index in [-0.39, 0.29) is 5.66 Å². The van der Waals surface area contributed by atoms with E-state index < -0.39 is 7.14 Å². The van der Waals surface area contributed by atoms with E-state index in [1.807, 2.05) is 60.7 Å². The fourth-order valence-electron chi connectivity index (χ4n) is 2.95. The summed E-state index contributed by atoms with van der Waals surface area (Å²) in [5, 5.41) is 1.83. The lowest BCUT2D eigenvalue weighted by Gasteiger charge is -2.26. The summed E-state index contributed by atoms with van der Waals surface area (Å²) in [4.78, 5) is 0. The third-order valence-corrected chi connectivity index (χ3v) is 7.90. The molecule has 2 heteroatoms. The first-order valence-corrected chi connectivity index (χ1v) is 9.67. The van der Waals surface area contributed by atoms with Gasteiger partial charge in [0.1, 0.15) is 7.14 Å². The predicted molar refractivity (Wildman–Crippen MR) is 99.4 cm³/mol. The summed E-state index contributed by atoms with van der Waals surface area (Å²) >= 11 is 0. The average molecular weight is 320 g/mol. The van der Waals surface area contributed by atoms with E-state index in [4.69, 9.17) is 0 Å². The summed E-state index contributed by atoms with van der Waals surface area (Å²) < 4.78 is 14.2. The lowest BCUT2D eigenvalue weighted by molar-refractivity contribution is 0.581. The van der Waals surface area contributed by atoms with Crippen LogP contribution in [-0.2, 0) is 4.57 Å². The fourth-order valence-corrected chi connectivity index (χ4v) is 5.96. The van der Waals surface area contributed by atoms with Gasteiger partial charge < -0.3 is 4.57 Å². The Bertz CT molecular complexity index is 764. The molecule has 0 fully saturated rings. The molecule has 0 saturated heterocycles. The summed E-state index contributed by atoms with van der Waals surface area (Å²) in [6, 6.07) is 28.1. The molecule has 0 bridgehead atoms. The molecule has 3 rings (SSSR count). The van der Waals surface area contributed by atoms with Gasteiger partial charge in [-0.05, 0) is 12.5 Å². The van der Waals surface area contributed by atoms with Gasteiger partial charge in [-0.1, -0.05) is 97.4 Å². The minimum Gasteiger partial charge on any atom is -0.313 e. The Hall–Kier alpha value is -2.11. The van der Waals surface area contributed by atoms with Crippen molar-refractivity contribution in [3.63, 3.8) is 0 Å². The van der Waals surface area contributed by atoms with Gasteiger partial charge >= 0.3 is 0 Å². The molecule has 0 aliphatic carbocycles. The van der Waals surface area contributed by atoms with Crippen LogP contribution in [0, 0.1) is 6.92 Å². The Labute approximate surface area is 138 Å². The molecule has 0 spiro atoms. The molecule has 0 aromatic heterocycles. The van der Waals surface area contributed by atoms with Crippen LogP contribution in [0.25, 0.3) is 0 Å². The molecule has 116 valence electrons. The Kier molecular flexibility index (Phi) is 4.50. The zero-order valence-electron chi connectivity index (χ0n) is 13.5. The maximum Gasteiger partial charge on any atom is 0.150 e. The number of hydrogen-bond donors (Lipinski definition) is 0. The molecule has 3 aromatic rings. The third kappa shape index (κ3) is 3.02. The summed E-state index contributed by atoms with van der Waals surface area (Å²) in [5.41, 5.74) is 2.27. The van der Waals surface area contributed by atoms with Gasteiger partial charge in [0.05, 0.1) is 0 Å². The van der Waals surface area contributed by atoms with Crippen LogP contribution < -0.4 is 10.6 Å². The first-order chi connectivity index (χ1) is 11.1. The lowest BCUT2D eigenvalue weighted by Crippen LogP contribution is -2.20. The van der Waals surface area contributed by atoms with E-state index in [1.54, 1.807) is 0 Å². The van der Waals surface area contributed by atoms with Crippen molar-refractivity contribution in [3.05, 3.63) is 96.1 Å². The van der Waals surface area contributed by atoms with Gasteiger partial charge in [0, 0.05) is 16.3 Å². The molecule has 0 aliphatic heterocycles. The van der Waals surface area contributed by atoms with Crippen molar-refractivity contribution in [1.82, 2.24) is 0 Å². The van der Waals surface area contributed by atoms with Crippen molar-refractivity contribution in [2.24, 2.45) is 0 Å². The van der Waals surface area contributed by atoms with E-state index in [1.165, 1.54) is 5.56 Å². The number of rotatable bonds is 4. The van der Waals surface area contributed by atoms with Crippen LogP contribution in [0.3, 0.4) is 0 Å². The van der Waals surface area contributed by atoms with Crippen LogP contribution >= 0.6 is 7.14 Å². The second kappa shape index (κ2) is 6.56. The molecule has 3 aromatic carbocycles. The van der Waals surface area contributed by atoms with Crippen LogP contribution in [-0.4, -0.2) is 0 Å². The van der Waals surface area contributed by atoms with Gasteiger partial charge in [0.2, 0.25) is 0 Å². The minimum atomic E-state index is -2.75. The number of benzene rings is 3. The normalized spacial score (nSPS) is 12.8. The van der Waals surface area contributed by atoms with E-state index in [9.17, 15) is 4.57 Å². The molecular formula is C21H21OP. The van der Waals surface area contributed by atoms with Gasteiger partial charge in [0.15, 0.2) is 0 Å². The monoisotopic (exact) mass is 320 g/mol. The predicted octanol–water partition coefficient (Wildman–Crippen LogP) is 5.07. The first-order valence-electron chi connectivity index (χ1n) is 7.90. The van der Waals surface area contributed by atoms with Crippen molar-refractivity contribution in [3.8, 4) is 0 Å². The maximum atomic E-state index is 14.2. The number of hydrogen-bond acceptors (Lipinski definition) is 1. The summed E-state index contributed by atoms with van der Waals surface area (Å²) in [6.07, 6.45) is 0. The van der Waals surface area contributed by atoms with Crippen molar-refractivity contribution in [2.75, 3.05) is 0 Å². The molecule has 1 atom stereocenters. The highest BCUT2D eigenvalue weighted by Crippen LogP contribution is 2.56. The van der Waals surface area contributed by atoms with Crippen LogP contribution in [0.15, 0.2) is 84.9 Å².